The van der Waals surface area contributed by atoms with E-state index in [0.29, 0.717) is 6.04 Å². The van der Waals surface area contributed by atoms with Gasteiger partial charge in [0.25, 0.3) is 0 Å². The van der Waals surface area contributed by atoms with E-state index in [0.717, 1.165) is 17.6 Å². The summed E-state index contributed by atoms with van der Waals surface area (Å²) in [6.45, 7) is 7.36. The number of hydrogen-bond donors (Lipinski definition) is 0. The predicted molar refractivity (Wildman–Crippen MR) is 90.6 cm³/mol. The molecule has 0 spiro atoms. The van der Waals surface area contributed by atoms with Crippen LogP contribution in [0.15, 0.2) is 18.2 Å². The molecule has 2 nitrogen and oxygen atoms in total. The van der Waals surface area contributed by atoms with Crippen molar-refractivity contribution in [2.24, 2.45) is 11.8 Å². The van der Waals surface area contributed by atoms with Gasteiger partial charge >= 0.3 is 0 Å². The highest BCUT2D eigenvalue weighted by Gasteiger charge is 2.30. The van der Waals surface area contributed by atoms with Gasteiger partial charge < -0.3 is 4.74 Å². The van der Waals surface area contributed by atoms with Gasteiger partial charge in [0.1, 0.15) is 5.75 Å². The van der Waals surface area contributed by atoms with Gasteiger partial charge in [-0.05, 0) is 54.7 Å². The van der Waals surface area contributed by atoms with E-state index in [-0.39, 0.29) is 12.4 Å². The lowest BCUT2D eigenvalue weighted by molar-refractivity contribution is 0.0875. The minimum atomic E-state index is 0. The number of likely N-dealkylation sites (tertiary alicyclic amines) is 1. The van der Waals surface area contributed by atoms with Gasteiger partial charge in [-0.1, -0.05) is 26.0 Å². The first-order valence-corrected chi connectivity index (χ1v) is 8.06. The minimum Gasteiger partial charge on any atom is -0.496 e. The number of fused-ring (bicyclic) bond motifs is 1. The fourth-order valence-electron chi connectivity index (χ4n) is 4.25. The van der Waals surface area contributed by atoms with Gasteiger partial charge in [0.05, 0.1) is 7.11 Å². The third-order valence-corrected chi connectivity index (χ3v) is 5.05. The monoisotopic (exact) mass is 309 g/mol. The molecular weight excluding hydrogens is 282 g/mol. The van der Waals surface area contributed by atoms with Gasteiger partial charge in [0.2, 0.25) is 0 Å². The molecule has 21 heavy (non-hydrogen) atoms. The molecule has 0 amide bonds. The van der Waals surface area contributed by atoms with Crippen molar-refractivity contribution in [1.82, 2.24) is 4.90 Å². The van der Waals surface area contributed by atoms with Crippen LogP contribution < -0.4 is 4.74 Å². The highest BCUT2D eigenvalue weighted by molar-refractivity contribution is 5.85. The van der Waals surface area contributed by atoms with E-state index >= 15 is 0 Å². The van der Waals surface area contributed by atoms with E-state index in [9.17, 15) is 0 Å². The molecule has 1 saturated heterocycles. The Morgan fingerprint density at radius 1 is 1.14 bits per heavy atom. The lowest BCUT2D eigenvalue weighted by Crippen LogP contribution is -2.47. The van der Waals surface area contributed by atoms with Crippen molar-refractivity contribution in [1.29, 1.82) is 0 Å². The van der Waals surface area contributed by atoms with Gasteiger partial charge in [0.15, 0.2) is 0 Å². The Bertz CT molecular complexity index is 452. The molecule has 0 radical (unpaired) electrons. The van der Waals surface area contributed by atoms with Crippen LogP contribution in [0.3, 0.4) is 0 Å². The molecule has 0 N–H and O–H groups in total. The highest BCUT2D eigenvalue weighted by Crippen LogP contribution is 2.33. The number of rotatable bonds is 2. The summed E-state index contributed by atoms with van der Waals surface area (Å²) in [5, 5.41) is 0. The Labute approximate surface area is 135 Å². The molecule has 0 saturated carbocycles. The van der Waals surface area contributed by atoms with Crippen molar-refractivity contribution in [3.8, 4) is 5.75 Å². The van der Waals surface area contributed by atoms with Crippen molar-refractivity contribution in [3.05, 3.63) is 29.3 Å². The summed E-state index contributed by atoms with van der Waals surface area (Å²) >= 11 is 0. The Kier molecular flexibility index (Phi) is 5.56. The smallest absolute Gasteiger partial charge is 0.122 e. The summed E-state index contributed by atoms with van der Waals surface area (Å²) < 4.78 is 5.57. The maximum atomic E-state index is 5.57. The average molecular weight is 310 g/mol. The molecule has 2 aliphatic rings. The third kappa shape index (κ3) is 3.54. The van der Waals surface area contributed by atoms with Crippen LogP contribution in [-0.4, -0.2) is 31.1 Å². The number of halogens is 1. The maximum absolute atomic E-state index is 5.57. The van der Waals surface area contributed by atoms with Crippen LogP contribution in [-0.2, 0) is 12.8 Å². The second-order valence-corrected chi connectivity index (χ2v) is 6.89. The SMILES string of the molecule is COc1cccc2c1CC(N1CC(C)CC(C)C1)CC2.Cl. The van der Waals surface area contributed by atoms with E-state index in [4.69, 9.17) is 4.74 Å². The first-order valence-electron chi connectivity index (χ1n) is 8.06. The van der Waals surface area contributed by atoms with E-state index in [1.54, 1.807) is 7.11 Å². The minimum absolute atomic E-state index is 0. The molecule has 1 fully saturated rings. The van der Waals surface area contributed by atoms with Crippen LogP contribution >= 0.6 is 12.4 Å². The van der Waals surface area contributed by atoms with Crippen LogP contribution in [0.2, 0.25) is 0 Å². The number of aryl methyl sites for hydroxylation is 1. The van der Waals surface area contributed by atoms with Gasteiger partial charge in [0, 0.05) is 19.1 Å². The van der Waals surface area contributed by atoms with Crippen molar-refractivity contribution in [2.75, 3.05) is 20.2 Å². The zero-order chi connectivity index (χ0) is 14.1. The fraction of sp³-hybridized carbons (Fsp3) is 0.667. The Balaban J connectivity index is 0.00000161. The fourth-order valence-corrected chi connectivity index (χ4v) is 4.25. The van der Waals surface area contributed by atoms with Crippen LogP contribution in [0, 0.1) is 11.8 Å². The predicted octanol–water partition coefficient (Wildman–Crippen LogP) is 3.95. The van der Waals surface area contributed by atoms with Crippen molar-refractivity contribution >= 4 is 12.4 Å². The lowest BCUT2D eigenvalue weighted by Gasteiger charge is -2.42. The molecule has 3 atom stereocenters. The van der Waals surface area contributed by atoms with Crippen LogP contribution in [0.1, 0.15) is 37.8 Å². The third-order valence-electron chi connectivity index (χ3n) is 5.05. The summed E-state index contributed by atoms with van der Waals surface area (Å²) in [7, 11) is 1.80. The molecule has 0 bridgehead atoms. The van der Waals surface area contributed by atoms with E-state index in [1.807, 2.05) is 0 Å². The molecule has 118 valence electrons. The maximum Gasteiger partial charge on any atom is 0.122 e. The summed E-state index contributed by atoms with van der Waals surface area (Å²) in [5.41, 5.74) is 2.95. The molecule has 3 rings (SSSR count). The lowest BCUT2D eigenvalue weighted by atomic mass is 9.84. The molecule has 1 aromatic carbocycles. The quantitative estimate of drug-likeness (QED) is 0.820. The molecule has 3 heteroatoms. The Morgan fingerprint density at radius 2 is 1.86 bits per heavy atom. The number of hydrogen-bond acceptors (Lipinski definition) is 2. The summed E-state index contributed by atoms with van der Waals surface area (Å²) in [6, 6.07) is 7.23. The molecule has 3 unspecified atom stereocenters. The zero-order valence-corrected chi connectivity index (χ0v) is 14.3. The molecule has 1 aromatic rings. The Hall–Kier alpha value is -0.730. The van der Waals surface area contributed by atoms with Gasteiger partial charge in [-0.2, -0.15) is 0 Å². The largest absolute Gasteiger partial charge is 0.496 e. The standard InChI is InChI=1S/C18H27NO.ClH/c1-13-9-14(2)12-19(11-13)16-8-7-15-5-4-6-18(20-3)17(15)10-16;/h4-6,13-14,16H,7-12H2,1-3H3;1H. The Morgan fingerprint density at radius 3 is 2.52 bits per heavy atom. The second-order valence-electron chi connectivity index (χ2n) is 6.89. The number of ether oxygens (including phenoxy) is 1. The van der Waals surface area contributed by atoms with E-state index in [1.165, 1.54) is 49.9 Å². The average Bonchev–Trinajstić information content (AvgIpc) is 2.45. The molecule has 1 aliphatic carbocycles. The van der Waals surface area contributed by atoms with E-state index in [2.05, 4.69) is 36.9 Å². The number of nitrogens with zero attached hydrogens (tertiary/aromatic N) is 1. The number of methoxy groups -OCH3 is 1. The summed E-state index contributed by atoms with van der Waals surface area (Å²) in [6.07, 6.45) is 5.07. The topological polar surface area (TPSA) is 12.5 Å². The first kappa shape index (κ1) is 16.6. The second kappa shape index (κ2) is 7.02. The van der Waals surface area contributed by atoms with E-state index < -0.39 is 0 Å². The van der Waals surface area contributed by atoms with Crippen molar-refractivity contribution < 1.29 is 4.74 Å². The van der Waals surface area contributed by atoms with Crippen LogP contribution in [0.25, 0.3) is 0 Å². The normalized spacial score (nSPS) is 29.4. The molecular formula is C18H28ClNO. The number of benzene rings is 1. The van der Waals surface area contributed by atoms with Crippen molar-refractivity contribution in [2.45, 2.75) is 45.6 Å². The van der Waals surface area contributed by atoms with Crippen LogP contribution in [0.4, 0.5) is 0 Å². The number of piperidine rings is 1. The van der Waals surface area contributed by atoms with Gasteiger partial charge in [-0.25, -0.2) is 0 Å². The summed E-state index contributed by atoms with van der Waals surface area (Å²) in [5.74, 6) is 2.78. The molecule has 1 aliphatic heterocycles. The highest BCUT2D eigenvalue weighted by atomic mass is 35.5. The van der Waals surface area contributed by atoms with Crippen LogP contribution in [0.5, 0.6) is 5.75 Å². The zero-order valence-electron chi connectivity index (χ0n) is 13.5. The van der Waals surface area contributed by atoms with Gasteiger partial charge in [-0.15, -0.1) is 12.4 Å². The first-order chi connectivity index (χ1) is 9.67. The van der Waals surface area contributed by atoms with Gasteiger partial charge in [-0.3, -0.25) is 4.90 Å². The van der Waals surface area contributed by atoms with Crippen molar-refractivity contribution in [3.63, 3.8) is 0 Å². The summed E-state index contributed by atoms with van der Waals surface area (Å²) in [4.78, 5) is 2.74. The molecule has 0 aromatic heterocycles. The molecule has 1 heterocycles.